The summed E-state index contributed by atoms with van der Waals surface area (Å²) < 4.78 is 0. The normalized spacial score (nSPS) is 16.7. The van der Waals surface area contributed by atoms with Crippen molar-refractivity contribution >= 4 is 17.2 Å². The molecule has 1 fully saturated rings. The summed E-state index contributed by atoms with van der Waals surface area (Å²) in [5.41, 5.74) is 0. The molecule has 0 aliphatic heterocycles. The molecule has 0 radical (unpaired) electrons. The molecule has 1 aliphatic carbocycles. The number of hydrogen-bond donors (Lipinski definition) is 1. The number of likely N-dealkylation sites (N-methyl/N-ethyl adjacent to an activating group) is 1. The Labute approximate surface area is 125 Å². The molecule has 0 saturated heterocycles. The van der Waals surface area contributed by atoms with Crippen molar-refractivity contribution in [1.29, 1.82) is 0 Å². The summed E-state index contributed by atoms with van der Waals surface area (Å²) in [5.74, 6) is 1.22. The first-order valence-corrected chi connectivity index (χ1v) is 8.18. The molecule has 1 heterocycles. The summed E-state index contributed by atoms with van der Waals surface area (Å²) in [6, 6.07) is 0.198. The van der Waals surface area contributed by atoms with Gasteiger partial charge in [0.1, 0.15) is 4.88 Å². The third kappa shape index (κ3) is 4.56. The standard InChI is InChI=1S/C15H25N3OS/c1-10(2)7-12(9-18(3)4)17-14(19)13-8-16-15(20-13)11-5-6-11/h8,10-12H,5-7,9H2,1-4H3,(H,17,19)/t12-/m1/s1. The highest BCUT2D eigenvalue weighted by Gasteiger charge is 2.28. The number of hydrogen-bond acceptors (Lipinski definition) is 4. The summed E-state index contributed by atoms with van der Waals surface area (Å²) in [4.78, 5) is 19.6. The highest BCUT2D eigenvalue weighted by molar-refractivity contribution is 7.13. The fourth-order valence-electron chi connectivity index (χ4n) is 2.36. The van der Waals surface area contributed by atoms with Crippen LogP contribution in [0.3, 0.4) is 0 Å². The van der Waals surface area contributed by atoms with Crippen molar-refractivity contribution in [3.05, 3.63) is 16.1 Å². The van der Waals surface area contributed by atoms with E-state index in [4.69, 9.17) is 0 Å². The second-order valence-corrected chi connectivity index (χ2v) is 7.46. The van der Waals surface area contributed by atoms with Crippen LogP contribution in [0.15, 0.2) is 6.20 Å². The summed E-state index contributed by atoms with van der Waals surface area (Å²) in [6.07, 6.45) is 5.18. The quantitative estimate of drug-likeness (QED) is 0.841. The minimum absolute atomic E-state index is 0.0295. The van der Waals surface area contributed by atoms with E-state index in [2.05, 4.69) is 29.0 Å². The van der Waals surface area contributed by atoms with Crippen LogP contribution >= 0.6 is 11.3 Å². The average Bonchev–Trinajstić information content (AvgIpc) is 3.05. The molecule has 0 bridgehead atoms. The zero-order valence-electron chi connectivity index (χ0n) is 12.8. The van der Waals surface area contributed by atoms with E-state index in [1.54, 1.807) is 17.5 Å². The molecule has 0 spiro atoms. The first-order chi connectivity index (χ1) is 9.45. The maximum absolute atomic E-state index is 12.3. The second-order valence-electron chi connectivity index (χ2n) is 6.40. The molecule has 20 heavy (non-hydrogen) atoms. The second kappa shape index (κ2) is 6.68. The number of aromatic nitrogens is 1. The van der Waals surface area contributed by atoms with Crippen LogP contribution in [0, 0.1) is 5.92 Å². The lowest BCUT2D eigenvalue weighted by atomic mass is 10.0. The molecule has 1 aromatic rings. The molecule has 1 amide bonds. The topological polar surface area (TPSA) is 45.2 Å². The van der Waals surface area contributed by atoms with Crippen LogP contribution in [-0.2, 0) is 0 Å². The fraction of sp³-hybridized carbons (Fsp3) is 0.733. The molecular formula is C15H25N3OS. The maximum atomic E-state index is 12.3. The van der Waals surface area contributed by atoms with Gasteiger partial charge in [0.15, 0.2) is 0 Å². The highest BCUT2D eigenvalue weighted by atomic mass is 32.1. The van der Waals surface area contributed by atoms with Gasteiger partial charge in [-0.15, -0.1) is 11.3 Å². The van der Waals surface area contributed by atoms with Gasteiger partial charge in [0.25, 0.3) is 5.91 Å². The summed E-state index contributed by atoms with van der Waals surface area (Å²) in [7, 11) is 4.08. The van der Waals surface area contributed by atoms with Crippen molar-refractivity contribution < 1.29 is 4.79 Å². The summed E-state index contributed by atoms with van der Waals surface area (Å²) >= 11 is 1.55. The maximum Gasteiger partial charge on any atom is 0.263 e. The van der Waals surface area contributed by atoms with Crippen molar-refractivity contribution in [1.82, 2.24) is 15.2 Å². The Bertz CT molecular complexity index is 442. The molecule has 1 atom stereocenters. The van der Waals surface area contributed by atoms with E-state index in [-0.39, 0.29) is 11.9 Å². The van der Waals surface area contributed by atoms with E-state index < -0.39 is 0 Å². The van der Waals surface area contributed by atoms with Crippen molar-refractivity contribution in [3.63, 3.8) is 0 Å². The molecule has 0 aromatic carbocycles. The van der Waals surface area contributed by atoms with Gasteiger partial charge in [-0.1, -0.05) is 13.8 Å². The Morgan fingerprint density at radius 2 is 2.20 bits per heavy atom. The fourth-order valence-corrected chi connectivity index (χ4v) is 3.35. The Balaban J connectivity index is 1.94. The number of rotatable bonds is 7. The molecule has 1 N–H and O–H groups in total. The zero-order valence-corrected chi connectivity index (χ0v) is 13.7. The van der Waals surface area contributed by atoms with Crippen molar-refractivity contribution in [3.8, 4) is 0 Å². The van der Waals surface area contributed by atoms with Crippen molar-refractivity contribution in [2.45, 2.75) is 45.1 Å². The van der Waals surface area contributed by atoms with Crippen LogP contribution in [0.2, 0.25) is 0 Å². The van der Waals surface area contributed by atoms with Gasteiger partial charge in [-0.25, -0.2) is 4.98 Å². The van der Waals surface area contributed by atoms with Gasteiger partial charge in [0.05, 0.1) is 11.2 Å². The molecular weight excluding hydrogens is 270 g/mol. The molecule has 1 aliphatic rings. The van der Waals surface area contributed by atoms with Crippen LogP contribution in [0.5, 0.6) is 0 Å². The third-order valence-electron chi connectivity index (χ3n) is 3.35. The zero-order chi connectivity index (χ0) is 14.7. The number of nitrogens with zero attached hydrogens (tertiary/aromatic N) is 2. The molecule has 1 aromatic heterocycles. The highest BCUT2D eigenvalue weighted by Crippen LogP contribution is 2.41. The Morgan fingerprint density at radius 1 is 1.50 bits per heavy atom. The predicted molar refractivity (Wildman–Crippen MR) is 83.4 cm³/mol. The van der Waals surface area contributed by atoms with Crippen molar-refractivity contribution in [2.75, 3.05) is 20.6 Å². The lowest BCUT2D eigenvalue weighted by Gasteiger charge is -2.23. The lowest BCUT2D eigenvalue weighted by molar-refractivity contribution is 0.0928. The number of thiazole rings is 1. The van der Waals surface area contributed by atoms with E-state index in [0.29, 0.717) is 11.8 Å². The van der Waals surface area contributed by atoms with Gasteiger partial charge in [-0.05, 0) is 39.3 Å². The van der Waals surface area contributed by atoms with E-state index in [9.17, 15) is 4.79 Å². The number of nitrogens with one attached hydrogen (secondary N) is 1. The number of carbonyl (C=O) groups excluding carboxylic acids is 1. The lowest BCUT2D eigenvalue weighted by Crippen LogP contribution is -2.42. The number of carbonyl (C=O) groups is 1. The monoisotopic (exact) mass is 295 g/mol. The van der Waals surface area contributed by atoms with Gasteiger partial charge >= 0.3 is 0 Å². The molecule has 4 nitrogen and oxygen atoms in total. The van der Waals surface area contributed by atoms with Crippen LogP contribution in [0.4, 0.5) is 0 Å². The Morgan fingerprint density at radius 3 is 2.75 bits per heavy atom. The van der Waals surface area contributed by atoms with Crippen molar-refractivity contribution in [2.24, 2.45) is 5.92 Å². The van der Waals surface area contributed by atoms with Gasteiger partial charge in [0, 0.05) is 18.5 Å². The average molecular weight is 295 g/mol. The SMILES string of the molecule is CC(C)C[C@H](CN(C)C)NC(=O)c1cnc(C2CC2)s1. The third-order valence-corrected chi connectivity index (χ3v) is 4.51. The van der Waals surface area contributed by atoms with Gasteiger partial charge in [0.2, 0.25) is 0 Å². The molecule has 112 valence electrons. The van der Waals surface area contributed by atoms with Crippen LogP contribution in [0.25, 0.3) is 0 Å². The van der Waals surface area contributed by atoms with E-state index >= 15 is 0 Å². The summed E-state index contributed by atoms with van der Waals surface area (Å²) in [5, 5.41) is 4.29. The van der Waals surface area contributed by atoms with Gasteiger partial charge in [-0.2, -0.15) is 0 Å². The first-order valence-electron chi connectivity index (χ1n) is 7.37. The molecule has 2 rings (SSSR count). The van der Waals surface area contributed by atoms with E-state index in [1.165, 1.54) is 12.8 Å². The minimum Gasteiger partial charge on any atom is -0.347 e. The van der Waals surface area contributed by atoms with Gasteiger partial charge < -0.3 is 10.2 Å². The largest absolute Gasteiger partial charge is 0.347 e. The minimum atomic E-state index is 0.0295. The Kier molecular flexibility index (Phi) is 5.16. The summed E-state index contributed by atoms with van der Waals surface area (Å²) in [6.45, 7) is 5.25. The number of amides is 1. The first kappa shape index (κ1) is 15.4. The molecule has 0 unspecified atom stereocenters. The molecule has 5 heteroatoms. The molecule has 1 saturated carbocycles. The van der Waals surface area contributed by atoms with Crippen LogP contribution in [-0.4, -0.2) is 42.5 Å². The van der Waals surface area contributed by atoms with Crippen LogP contribution < -0.4 is 5.32 Å². The van der Waals surface area contributed by atoms with Gasteiger partial charge in [-0.3, -0.25) is 4.79 Å². The van der Waals surface area contributed by atoms with Crippen LogP contribution in [0.1, 0.15) is 53.7 Å². The van der Waals surface area contributed by atoms with E-state index in [1.807, 2.05) is 14.1 Å². The van der Waals surface area contributed by atoms with E-state index in [0.717, 1.165) is 22.9 Å². The smallest absolute Gasteiger partial charge is 0.263 e. The predicted octanol–water partition coefficient (Wildman–Crippen LogP) is 2.73. The Hall–Kier alpha value is -0.940.